The van der Waals surface area contributed by atoms with Gasteiger partial charge in [-0.2, -0.15) is 0 Å². The molecule has 18 heavy (non-hydrogen) atoms. The SMILES string of the molecule is COc1ccc(C(O)c2cccc(F)c2F)cc1. The number of hydrogen-bond donors (Lipinski definition) is 1. The van der Waals surface area contributed by atoms with Crippen molar-refractivity contribution < 1.29 is 18.6 Å². The normalized spacial score (nSPS) is 12.2. The van der Waals surface area contributed by atoms with Gasteiger partial charge in [0.25, 0.3) is 0 Å². The van der Waals surface area contributed by atoms with Crippen molar-refractivity contribution in [3.63, 3.8) is 0 Å². The fraction of sp³-hybridized carbons (Fsp3) is 0.143. The molecule has 94 valence electrons. The molecule has 2 aromatic carbocycles. The van der Waals surface area contributed by atoms with Gasteiger partial charge < -0.3 is 9.84 Å². The minimum atomic E-state index is -1.20. The number of benzene rings is 2. The molecule has 1 N–H and O–H groups in total. The summed E-state index contributed by atoms with van der Waals surface area (Å²) in [4.78, 5) is 0. The molecule has 0 bridgehead atoms. The third-order valence-electron chi connectivity index (χ3n) is 2.71. The van der Waals surface area contributed by atoms with E-state index in [9.17, 15) is 13.9 Å². The van der Waals surface area contributed by atoms with Crippen molar-refractivity contribution in [1.82, 2.24) is 0 Å². The van der Waals surface area contributed by atoms with E-state index < -0.39 is 17.7 Å². The maximum absolute atomic E-state index is 13.5. The molecule has 0 aliphatic rings. The Labute approximate surface area is 103 Å². The lowest BCUT2D eigenvalue weighted by atomic mass is 10.0. The molecule has 0 fully saturated rings. The number of aliphatic hydroxyl groups is 1. The predicted molar refractivity (Wildman–Crippen MR) is 63.4 cm³/mol. The van der Waals surface area contributed by atoms with Gasteiger partial charge in [-0.1, -0.05) is 24.3 Å². The molecule has 2 nitrogen and oxygen atoms in total. The van der Waals surface area contributed by atoms with Gasteiger partial charge in [0.1, 0.15) is 11.9 Å². The lowest BCUT2D eigenvalue weighted by molar-refractivity contribution is 0.213. The van der Waals surface area contributed by atoms with Gasteiger partial charge >= 0.3 is 0 Å². The molecule has 0 spiro atoms. The predicted octanol–water partition coefficient (Wildman–Crippen LogP) is 3.06. The summed E-state index contributed by atoms with van der Waals surface area (Å²) in [7, 11) is 1.53. The monoisotopic (exact) mass is 250 g/mol. The molecule has 0 aliphatic heterocycles. The largest absolute Gasteiger partial charge is 0.497 e. The molecule has 0 aromatic heterocycles. The van der Waals surface area contributed by atoms with Gasteiger partial charge in [0, 0.05) is 5.56 Å². The van der Waals surface area contributed by atoms with E-state index >= 15 is 0 Å². The van der Waals surface area contributed by atoms with Crippen LogP contribution >= 0.6 is 0 Å². The van der Waals surface area contributed by atoms with E-state index in [2.05, 4.69) is 0 Å². The molecule has 0 amide bonds. The van der Waals surface area contributed by atoms with Crippen LogP contribution in [-0.2, 0) is 0 Å². The Kier molecular flexibility index (Phi) is 3.58. The number of ether oxygens (including phenoxy) is 1. The van der Waals surface area contributed by atoms with E-state index in [1.807, 2.05) is 0 Å². The van der Waals surface area contributed by atoms with Crippen LogP contribution in [-0.4, -0.2) is 12.2 Å². The van der Waals surface area contributed by atoms with Crippen molar-refractivity contribution in [3.8, 4) is 5.75 Å². The van der Waals surface area contributed by atoms with Crippen molar-refractivity contribution in [2.75, 3.05) is 7.11 Å². The average Bonchev–Trinajstić information content (AvgIpc) is 2.41. The summed E-state index contributed by atoms with van der Waals surface area (Å²) in [6.45, 7) is 0. The molecule has 4 heteroatoms. The summed E-state index contributed by atoms with van der Waals surface area (Å²) in [5.41, 5.74) is 0.389. The Balaban J connectivity index is 2.35. The Hall–Kier alpha value is -1.94. The summed E-state index contributed by atoms with van der Waals surface area (Å²) in [5, 5.41) is 10.0. The van der Waals surface area contributed by atoms with E-state index in [4.69, 9.17) is 4.74 Å². The third kappa shape index (κ3) is 2.33. The smallest absolute Gasteiger partial charge is 0.164 e. The number of rotatable bonds is 3. The van der Waals surface area contributed by atoms with Crippen LogP contribution < -0.4 is 4.74 Å². The number of methoxy groups -OCH3 is 1. The Morgan fingerprint density at radius 2 is 1.72 bits per heavy atom. The highest BCUT2D eigenvalue weighted by Crippen LogP contribution is 2.26. The highest BCUT2D eigenvalue weighted by Gasteiger charge is 2.17. The molecule has 2 rings (SSSR count). The van der Waals surface area contributed by atoms with Gasteiger partial charge in [-0.25, -0.2) is 8.78 Å². The van der Waals surface area contributed by atoms with Gasteiger partial charge in [0.05, 0.1) is 7.11 Å². The maximum Gasteiger partial charge on any atom is 0.164 e. The molecule has 2 aromatic rings. The zero-order valence-corrected chi connectivity index (χ0v) is 9.73. The Morgan fingerprint density at radius 1 is 1.06 bits per heavy atom. The third-order valence-corrected chi connectivity index (χ3v) is 2.71. The van der Waals surface area contributed by atoms with Gasteiger partial charge in [0.2, 0.25) is 0 Å². The maximum atomic E-state index is 13.5. The van der Waals surface area contributed by atoms with Crippen LogP contribution in [0.15, 0.2) is 42.5 Å². The summed E-state index contributed by atoms with van der Waals surface area (Å²) >= 11 is 0. The van der Waals surface area contributed by atoms with Crippen molar-refractivity contribution >= 4 is 0 Å². The number of hydrogen-bond acceptors (Lipinski definition) is 2. The second-order valence-corrected chi connectivity index (χ2v) is 3.82. The second-order valence-electron chi connectivity index (χ2n) is 3.82. The van der Waals surface area contributed by atoms with Crippen molar-refractivity contribution in [2.24, 2.45) is 0 Å². The zero-order chi connectivity index (χ0) is 13.1. The molecular formula is C14H12F2O2. The molecule has 0 radical (unpaired) electrons. The molecule has 0 saturated carbocycles. The molecule has 1 atom stereocenters. The first kappa shape index (κ1) is 12.5. The van der Waals surface area contributed by atoms with Crippen LogP contribution in [0.4, 0.5) is 8.78 Å². The van der Waals surface area contributed by atoms with Crippen LogP contribution in [0, 0.1) is 11.6 Å². The number of aliphatic hydroxyl groups excluding tert-OH is 1. The fourth-order valence-corrected chi connectivity index (χ4v) is 1.70. The topological polar surface area (TPSA) is 29.5 Å². The van der Waals surface area contributed by atoms with Crippen LogP contribution in [0.25, 0.3) is 0 Å². The van der Waals surface area contributed by atoms with Gasteiger partial charge in [-0.3, -0.25) is 0 Å². The second kappa shape index (κ2) is 5.14. The van der Waals surface area contributed by atoms with Gasteiger partial charge in [-0.15, -0.1) is 0 Å². The summed E-state index contributed by atoms with van der Waals surface area (Å²) in [5.74, 6) is -1.37. The first-order valence-electron chi connectivity index (χ1n) is 5.39. The first-order chi connectivity index (χ1) is 8.63. The summed E-state index contributed by atoms with van der Waals surface area (Å²) < 4.78 is 31.6. The molecule has 1 unspecified atom stereocenters. The average molecular weight is 250 g/mol. The highest BCUT2D eigenvalue weighted by molar-refractivity contribution is 5.34. The lowest BCUT2D eigenvalue weighted by Gasteiger charge is -2.13. The minimum Gasteiger partial charge on any atom is -0.497 e. The van der Waals surface area contributed by atoms with Crippen molar-refractivity contribution in [3.05, 3.63) is 65.2 Å². The Morgan fingerprint density at radius 3 is 2.33 bits per heavy atom. The van der Waals surface area contributed by atoms with Crippen LogP contribution in [0.5, 0.6) is 5.75 Å². The van der Waals surface area contributed by atoms with E-state index in [1.54, 1.807) is 24.3 Å². The molecular weight excluding hydrogens is 238 g/mol. The van der Waals surface area contributed by atoms with Crippen LogP contribution in [0.1, 0.15) is 17.2 Å². The first-order valence-corrected chi connectivity index (χ1v) is 5.39. The lowest BCUT2D eigenvalue weighted by Crippen LogP contribution is -2.04. The highest BCUT2D eigenvalue weighted by atomic mass is 19.2. The van der Waals surface area contributed by atoms with E-state index in [1.165, 1.54) is 19.2 Å². The van der Waals surface area contributed by atoms with Crippen LogP contribution in [0.2, 0.25) is 0 Å². The summed E-state index contributed by atoms with van der Waals surface area (Å²) in [6.07, 6.45) is -1.20. The van der Waals surface area contributed by atoms with E-state index in [0.29, 0.717) is 11.3 Å². The fourth-order valence-electron chi connectivity index (χ4n) is 1.70. The quantitative estimate of drug-likeness (QED) is 0.907. The number of halogens is 2. The van der Waals surface area contributed by atoms with Gasteiger partial charge in [0.15, 0.2) is 11.6 Å². The van der Waals surface area contributed by atoms with E-state index in [-0.39, 0.29) is 5.56 Å². The Bertz CT molecular complexity index is 538. The standard InChI is InChI=1S/C14H12F2O2/c1-18-10-7-5-9(6-8-10)14(17)11-3-2-4-12(15)13(11)16/h2-8,14,17H,1H3. The minimum absolute atomic E-state index is 0.0832. The van der Waals surface area contributed by atoms with Gasteiger partial charge in [-0.05, 0) is 23.8 Å². The summed E-state index contributed by atoms with van der Waals surface area (Å²) in [6, 6.07) is 10.2. The molecule has 0 saturated heterocycles. The van der Waals surface area contributed by atoms with Crippen LogP contribution in [0.3, 0.4) is 0 Å². The van der Waals surface area contributed by atoms with Crippen molar-refractivity contribution in [2.45, 2.75) is 6.10 Å². The van der Waals surface area contributed by atoms with Crippen molar-refractivity contribution in [1.29, 1.82) is 0 Å². The molecule has 0 heterocycles. The zero-order valence-electron chi connectivity index (χ0n) is 9.73. The van der Waals surface area contributed by atoms with E-state index in [0.717, 1.165) is 6.07 Å². The molecule has 0 aliphatic carbocycles.